The second kappa shape index (κ2) is 10.3. The first kappa shape index (κ1) is 18.7. The lowest BCUT2D eigenvalue weighted by atomic mass is 10.1. The SMILES string of the molecule is CCCOCCOCCCOc1cc2c(cc1OCC)CCC2=O. The van der Waals surface area contributed by atoms with Crippen molar-refractivity contribution in [3.63, 3.8) is 0 Å². The quantitative estimate of drug-likeness (QED) is 0.547. The molecular weight excluding hydrogens is 308 g/mol. The summed E-state index contributed by atoms with van der Waals surface area (Å²) in [5.74, 6) is 1.56. The molecule has 0 radical (unpaired) electrons. The van der Waals surface area contributed by atoms with Crippen LogP contribution in [0.3, 0.4) is 0 Å². The molecule has 1 aliphatic rings. The number of rotatable bonds is 12. The van der Waals surface area contributed by atoms with Crippen LogP contribution in [0.5, 0.6) is 11.5 Å². The monoisotopic (exact) mass is 336 g/mol. The highest BCUT2D eigenvalue weighted by molar-refractivity contribution is 6.01. The summed E-state index contributed by atoms with van der Waals surface area (Å²) in [5, 5.41) is 0. The van der Waals surface area contributed by atoms with Gasteiger partial charge >= 0.3 is 0 Å². The first-order chi connectivity index (χ1) is 11.8. The normalized spacial score (nSPS) is 13.2. The molecule has 5 nitrogen and oxygen atoms in total. The van der Waals surface area contributed by atoms with E-state index in [2.05, 4.69) is 6.92 Å². The summed E-state index contributed by atoms with van der Waals surface area (Å²) in [6.07, 6.45) is 3.18. The molecule has 1 aromatic carbocycles. The Morgan fingerprint density at radius 2 is 1.62 bits per heavy atom. The van der Waals surface area contributed by atoms with Gasteiger partial charge in [-0.2, -0.15) is 0 Å². The Kier molecular flexibility index (Phi) is 8.05. The van der Waals surface area contributed by atoms with Crippen LogP contribution in [-0.4, -0.2) is 45.4 Å². The molecule has 0 unspecified atom stereocenters. The number of benzene rings is 1. The number of hydrogen-bond acceptors (Lipinski definition) is 5. The van der Waals surface area contributed by atoms with Crippen molar-refractivity contribution in [2.24, 2.45) is 0 Å². The molecule has 24 heavy (non-hydrogen) atoms. The summed E-state index contributed by atoms with van der Waals surface area (Å²) >= 11 is 0. The van der Waals surface area contributed by atoms with Gasteiger partial charge in [0.05, 0.1) is 26.4 Å². The van der Waals surface area contributed by atoms with Crippen LogP contribution in [0.25, 0.3) is 0 Å². The van der Waals surface area contributed by atoms with Crippen LogP contribution in [0.2, 0.25) is 0 Å². The lowest BCUT2D eigenvalue weighted by Gasteiger charge is -2.14. The molecule has 0 spiro atoms. The topological polar surface area (TPSA) is 54.0 Å². The highest BCUT2D eigenvalue weighted by Gasteiger charge is 2.22. The van der Waals surface area contributed by atoms with E-state index in [0.29, 0.717) is 45.2 Å². The van der Waals surface area contributed by atoms with Crippen molar-refractivity contribution in [3.8, 4) is 11.5 Å². The van der Waals surface area contributed by atoms with Gasteiger partial charge in [0.1, 0.15) is 0 Å². The number of ketones is 1. The van der Waals surface area contributed by atoms with Gasteiger partial charge in [-0.15, -0.1) is 0 Å². The predicted molar refractivity (Wildman–Crippen MR) is 92.3 cm³/mol. The Labute approximate surface area is 144 Å². The van der Waals surface area contributed by atoms with Gasteiger partial charge in [0.25, 0.3) is 0 Å². The third kappa shape index (κ3) is 5.49. The smallest absolute Gasteiger partial charge is 0.163 e. The van der Waals surface area contributed by atoms with E-state index in [1.807, 2.05) is 19.1 Å². The van der Waals surface area contributed by atoms with Gasteiger partial charge in [0, 0.05) is 31.6 Å². The number of carbonyl (C=O) groups is 1. The molecular formula is C19H28O5. The lowest BCUT2D eigenvalue weighted by Crippen LogP contribution is -2.09. The van der Waals surface area contributed by atoms with E-state index in [1.54, 1.807) is 0 Å². The van der Waals surface area contributed by atoms with E-state index in [-0.39, 0.29) is 5.78 Å². The van der Waals surface area contributed by atoms with Crippen molar-refractivity contribution in [2.75, 3.05) is 39.6 Å². The van der Waals surface area contributed by atoms with Crippen LogP contribution in [0.4, 0.5) is 0 Å². The van der Waals surface area contributed by atoms with E-state index in [9.17, 15) is 4.79 Å². The summed E-state index contributed by atoms with van der Waals surface area (Å²) < 4.78 is 22.3. The zero-order chi connectivity index (χ0) is 17.2. The Morgan fingerprint density at radius 3 is 2.38 bits per heavy atom. The van der Waals surface area contributed by atoms with E-state index in [1.165, 1.54) is 0 Å². The van der Waals surface area contributed by atoms with Gasteiger partial charge in [-0.3, -0.25) is 4.79 Å². The minimum Gasteiger partial charge on any atom is -0.490 e. The Bertz CT molecular complexity index is 527. The summed E-state index contributed by atoms with van der Waals surface area (Å²) in [6.45, 7) is 7.78. The number of carbonyl (C=O) groups excluding carboxylic acids is 1. The average Bonchev–Trinajstić information content (AvgIpc) is 2.94. The van der Waals surface area contributed by atoms with Crippen molar-refractivity contribution in [2.45, 2.75) is 39.5 Å². The van der Waals surface area contributed by atoms with Crippen LogP contribution in [0.15, 0.2) is 12.1 Å². The molecule has 0 bridgehead atoms. The zero-order valence-electron chi connectivity index (χ0n) is 14.8. The maximum Gasteiger partial charge on any atom is 0.163 e. The highest BCUT2D eigenvalue weighted by atomic mass is 16.5. The Balaban J connectivity index is 1.75. The molecule has 0 aromatic heterocycles. The van der Waals surface area contributed by atoms with E-state index >= 15 is 0 Å². The molecule has 0 N–H and O–H groups in total. The molecule has 0 amide bonds. The molecule has 1 aliphatic carbocycles. The fourth-order valence-electron chi connectivity index (χ4n) is 2.64. The lowest BCUT2D eigenvalue weighted by molar-refractivity contribution is 0.0437. The standard InChI is InChI=1S/C19H28O5/c1-3-8-21-11-12-22-9-5-10-24-19-14-16-15(6-7-17(16)20)13-18(19)23-4-2/h13-14H,3-12H2,1-2H3. The molecule has 1 aromatic rings. The summed E-state index contributed by atoms with van der Waals surface area (Å²) in [4.78, 5) is 11.9. The summed E-state index contributed by atoms with van der Waals surface area (Å²) in [7, 11) is 0. The van der Waals surface area contributed by atoms with Crippen LogP contribution in [0, 0.1) is 0 Å². The number of hydrogen-bond donors (Lipinski definition) is 0. The van der Waals surface area contributed by atoms with E-state index < -0.39 is 0 Å². The van der Waals surface area contributed by atoms with Gasteiger partial charge < -0.3 is 18.9 Å². The third-order valence-corrected chi connectivity index (χ3v) is 3.80. The minimum absolute atomic E-state index is 0.188. The molecule has 0 saturated heterocycles. The van der Waals surface area contributed by atoms with Crippen LogP contribution in [0.1, 0.15) is 49.0 Å². The van der Waals surface area contributed by atoms with Crippen molar-refractivity contribution < 1.29 is 23.7 Å². The Morgan fingerprint density at radius 1 is 0.875 bits per heavy atom. The summed E-state index contributed by atoms with van der Waals surface area (Å²) in [6, 6.07) is 3.77. The minimum atomic E-state index is 0.188. The number of Topliss-reactive ketones (excluding diaryl/α,β-unsaturated/α-hetero) is 1. The van der Waals surface area contributed by atoms with Crippen molar-refractivity contribution >= 4 is 5.78 Å². The van der Waals surface area contributed by atoms with Crippen LogP contribution < -0.4 is 9.47 Å². The molecule has 0 atom stereocenters. The highest BCUT2D eigenvalue weighted by Crippen LogP contribution is 2.35. The van der Waals surface area contributed by atoms with E-state index in [0.717, 1.165) is 42.7 Å². The Hall–Kier alpha value is -1.59. The number of ether oxygens (including phenoxy) is 4. The molecule has 5 heteroatoms. The average molecular weight is 336 g/mol. The number of aryl methyl sites for hydroxylation is 1. The summed E-state index contributed by atoms with van der Waals surface area (Å²) in [5.41, 5.74) is 1.84. The second-order valence-corrected chi connectivity index (χ2v) is 5.74. The van der Waals surface area contributed by atoms with Crippen LogP contribution in [-0.2, 0) is 15.9 Å². The maximum absolute atomic E-state index is 11.9. The molecule has 0 heterocycles. The van der Waals surface area contributed by atoms with Gasteiger partial charge in [-0.1, -0.05) is 6.92 Å². The molecule has 0 saturated carbocycles. The van der Waals surface area contributed by atoms with Gasteiger partial charge in [-0.05, 0) is 37.5 Å². The van der Waals surface area contributed by atoms with Crippen molar-refractivity contribution in [1.29, 1.82) is 0 Å². The van der Waals surface area contributed by atoms with Crippen LogP contribution >= 0.6 is 0 Å². The fraction of sp³-hybridized carbons (Fsp3) is 0.632. The second-order valence-electron chi connectivity index (χ2n) is 5.74. The largest absolute Gasteiger partial charge is 0.490 e. The first-order valence-corrected chi connectivity index (χ1v) is 8.87. The third-order valence-electron chi connectivity index (χ3n) is 3.80. The van der Waals surface area contributed by atoms with Crippen molar-refractivity contribution in [1.82, 2.24) is 0 Å². The molecule has 0 aliphatic heterocycles. The van der Waals surface area contributed by atoms with E-state index in [4.69, 9.17) is 18.9 Å². The molecule has 2 rings (SSSR count). The zero-order valence-corrected chi connectivity index (χ0v) is 14.8. The van der Waals surface area contributed by atoms with Gasteiger partial charge in [-0.25, -0.2) is 0 Å². The fourth-order valence-corrected chi connectivity index (χ4v) is 2.64. The molecule has 0 fully saturated rings. The maximum atomic E-state index is 11.9. The first-order valence-electron chi connectivity index (χ1n) is 8.87. The van der Waals surface area contributed by atoms with Gasteiger partial charge in [0.15, 0.2) is 17.3 Å². The number of fused-ring (bicyclic) bond motifs is 1. The van der Waals surface area contributed by atoms with Gasteiger partial charge in [0.2, 0.25) is 0 Å². The predicted octanol–water partition coefficient (Wildman–Crippen LogP) is 3.43. The van der Waals surface area contributed by atoms with Crippen molar-refractivity contribution in [3.05, 3.63) is 23.3 Å². The molecule has 134 valence electrons.